The zero-order valence-electron chi connectivity index (χ0n) is 31.3. The number of hydrogen-bond donors (Lipinski definition) is 0. The standard InChI is InChI=1S/C56H32O2/c1-2-12-38-34(11-1)27-30-50-54(38)55-42-15-4-3-13-39(42)48-31-36(25-29-47(48)56(55)58-50)33-21-23-35(24-22-33)52-43-16-5-7-18-45(43)53(46-19-8-6-17-44(46)52)37-26-28-41-40-14-9-10-20-49(40)57-51(41)32-37/h1-32H. The van der Waals surface area contributed by atoms with Crippen LogP contribution in [0.5, 0.6) is 0 Å². The van der Waals surface area contributed by atoms with Gasteiger partial charge in [0.1, 0.15) is 22.3 Å². The van der Waals surface area contributed by atoms with Gasteiger partial charge in [-0.15, -0.1) is 0 Å². The van der Waals surface area contributed by atoms with Crippen molar-refractivity contribution in [1.29, 1.82) is 0 Å². The zero-order valence-corrected chi connectivity index (χ0v) is 31.3. The van der Waals surface area contributed by atoms with E-state index < -0.39 is 0 Å². The molecular weight excluding hydrogens is 705 g/mol. The van der Waals surface area contributed by atoms with E-state index >= 15 is 0 Å². The first kappa shape index (κ1) is 31.5. The maximum absolute atomic E-state index is 6.73. The number of furan rings is 2. The highest BCUT2D eigenvalue weighted by Crippen LogP contribution is 2.47. The Morgan fingerprint density at radius 1 is 0.241 bits per heavy atom. The first-order chi connectivity index (χ1) is 28.8. The fraction of sp³-hybridized carbons (Fsp3) is 0. The van der Waals surface area contributed by atoms with Crippen molar-refractivity contribution in [3.63, 3.8) is 0 Å². The van der Waals surface area contributed by atoms with Gasteiger partial charge in [0.25, 0.3) is 0 Å². The van der Waals surface area contributed by atoms with Crippen LogP contribution in [0.4, 0.5) is 0 Å². The van der Waals surface area contributed by atoms with Crippen LogP contribution in [0.3, 0.4) is 0 Å². The van der Waals surface area contributed by atoms with Gasteiger partial charge in [0.2, 0.25) is 0 Å². The van der Waals surface area contributed by atoms with E-state index in [1.54, 1.807) is 0 Å². The van der Waals surface area contributed by atoms with Crippen molar-refractivity contribution in [2.24, 2.45) is 0 Å². The molecular formula is C56H32O2. The van der Waals surface area contributed by atoms with Crippen LogP contribution in [0.25, 0.3) is 131 Å². The minimum atomic E-state index is 0.906. The Balaban J connectivity index is 0.968. The maximum Gasteiger partial charge on any atom is 0.143 e. The minimum absolute atomic E-state index is 0.906. The summed E-state index contributed by atoms with van der Waals surface area (Å²) in [6.07, 6.45) is 0. The minimum Gasteiger partial charge on any atom is -0.456 e. The average Bonchev–Trinajstić information content (AvgIpc) is 3.87. The molecule has 0 amide bonds. The molecule has 0 bridgehead atoms. The second-order valence-corrected chi connectivity index (χ2v) is 15.5. The molecule has 268 valence electrons. The van der Waals surface area contributed by atoms with E-state index in [0.29, 0.717) is 0 Å². The summed E-state index contributed by atoms with van der Waals surface area (Å²) in [6, 6.07) is 70.3. The first-order valence-corrected chi connectivity index (χ1v) is 19.9. The van der Waals surface area contributed by atoms with E-state index in [0.717, 1.165) is 44.1 Å². The molecule has 0 saturated heterocycles. The van der Waals surface area contributed by atoms with Crippen LogP contribution in [0.2, 0.25) is 0 Å². The third kappa shape index (κ3) is 4.43. The number of fused-ring (bicyclic) bond motifs is 15. The van der Waals surface area contributed by atoms with Crippen molar-refractivity contribution in [3.05, 3.63) is 194 Å². The lowest BCUT2D eigenvalue weighted by atomic mass is 9.85. The molecule has 0 atom stereocenters. The maximum atomic E-state index is 6.73. The predicted molar refractivity (Wildman–Crippen MR) is 245 cm³/mol. The van der Waals surface area contributed by atoms with Gasteiger partial charge in [-0.25, -0.2) is 0 Å². The molecule has 0 aliphatic heterocycles. The number of hydrogen-bond acceptors (Lipinski definition) is 2. The highest BCUT2D eigenvalue weighted by molar-refractivity contribution is 6.34. The molecule has 0 saturated carbocycles. The molecule has 0 unspecified atom stereocenters. The molecule has 58 heavy (non-hydrogen) atoms. The van der Waals surface area contributed by atoms with Crippen LogP contribution in [0.1, 0.15) is 0 Å². The molecule has 2 heteroatoms. The van der Waals surface area contributed by atoms with Crippen molar-refractivity contribution < 1.29 is 8.83 Å². The Morgan fingerprint density at radius 3 is 1.52 bits per heavy atom. The van der Waals surface area contributed by atoms with Gasteiger partial charge in [0.05, 0.1) is 0 Å². The SMILES string of the molecule is c1ccc2c(c1)ccc1oc3c4ccc(-c5ccc(-c6c7ccccc7c(-c7ccc8c(c7)oc7ccccc78)c7ccccc67)cc5)cc4c4ccccc4c3c12. The van der Waals surface area contributed by atoms with Gasteiger partial charge in [-0.3, -0.25) is 0 Å². The molecule has 13 rings (SSSR count). The van der Waals surface area contributed by atoms with Gasteiger partial charge < -0.3 is 8.83 Å². The summed E-state index contributed by atoms with van der Waals surface area (Å²) in [5.74, 6) is 0. The summed E-state index contributed by atoms with van der Waals surface area (Å²) in [6.45, 7) is 0. The fourth-order valence-electron chi connectivity index (χ4n) is 9.86. The first-order valence-electron chi connectivity index (χ1n) is 19.9. The molecule has 0 N–H and O–H groups in total. The molecule has 2 nitrogen and oxygen atoms in total. The van der Waals surface area contributed by atoms with Crippen molar-refractivity contribution >= 4 is 97.7 Å². The van der Waals surface area contributed by atoms with E-state index in [1.807, 2.05) is 12.1 Å². The summed E-state index contributed by atoms with van der Waals surface area (Å²) < 4.78 is 13.1. The molecule has 2 aromatic heterocycles. The van der Waals surface area contributed by atoms with Crippen molar-refractivity contribution in [3.8, 4) is 33.4 Å². The van der Waals surface area contributed by atoms with Gasteiger partial charge in [0.15, 0.2) is 0 Å². The fourth-order valence-corrected chi connectivity index (χ4v) is 9.86. The van der Waals surface area contributed by atoms with Gasteiger partial charge in [-0.2, -0.15) is 0 Å². The van der Waals surface area contributed by atoms with Gasteiger partial charge in [0, 0.05) is 26.9 Å². The summed E-state index contributed by atoms with van der Waals surface area (Å²) in [7, 11) is 0. The van der Waals surface area contributed by atoms with Crippen LogP contribution < -0.4 is 0 Å². The molecule has 0 fully saturated rings. The smallest absolute Gasteiger partial charge is 0.143 e. The van der Waals surface area contributed by atoms with Crippen LogP contribution in [0, 0.1) is 0 Å². The Bertz CT molecular complexity index is 3790. The molecule has 0 aliphatic rings. The number of rotatable bonds is 3. The third-order valence-electron chi connectivity index (χ3n) is 12.4. The molecule has 0 spiro atoms. The van der Waals surface area contributed by atoms with Crippen molar-refractivity contribution in [2.75, 3.05) is 0 Å². The molecule has 2 heterocycles. The topological polar surface area (TPSA) is 26.3 Å². The lowest BCUT2D eigenvalue weighted by Crippen LogP contribution is -1.91. The average molecular weight is 737 g/mol. The van der Waals surface area contributed by atoms with E-state index in [4.69, 9.17) is 8.83 Å². The Morgan fingerprint density at radius 2 is 0.776 bits per heavy atom. The summed E-state index contributed by atoms with van der Waals surface area (Å²) in [4.78, 5) is 0. The molecule has 13 aromatic rings. The van der Waals surface area contributed by atoms with Gasteiger partial charge in [-0.1, -0.05) is 158 Å². The van der Waals surface area contributed by atoms with E-state index in [9.17, 15) is 0 Å². The normalized spacial score (nSPS) is 12.1. The lowest BCUT2D eigenvalue weighted by Gasteiger charge is -2.18. The molecule has 11 aromatic carbocycles. The van der Waals surface area contributed by atoms with Gasteiger partial charge >= 0.3 is 0 Å². The summed E-state index contributed by atoms with van der Waals surface area (Å²) >= 11 is 0. The number of para-hydroxylation sites is 1. The van der Waals surface area contributed by atoms with E-state index in [2.05, 4.69) is 182 Å². The summed E-state index contributed by atoms with van der Waals surface area (Å²) in [5, 5.41) is 16.8. The highest BCUT2D eigenvalue weighted by atomic mass is 16.3. The monoisotopic (exact) mass is 736 g/mol. The largest absolute Gasteiger partial charge is 0.456 e. The van der Waals surface area contributed by atoms with Crippen LogP contribution >= 0.6 is 0 Å². The van der Waals surface area contributed by atoms with Gasteiger partial charge in [-0.05, 0) is 118 Å². The number of benzene rings is 11. The van der Waals surface area contributed by atoms with Crippen LogP contribution in [-0.2, 0) is 0 Å². The third-order valence-corrected chi connectivity index (χ3v) is 12.4. The lowest BCUT2D eigenvalue weighted by molar-refractivity contribution is 0.669. The second-order valence-electron chi connectivity index (χ2n) is 15.5. The quantitative estimate of drug-likeness (QED) is 0.133. The Kier molecular flexibility index (Phi) is 6.47. The predicted octanol–water partition coefficient (Wildman–Crippen LogP) is 16.3. The zero-order chi connectivity index (χ0) is 37.9. The van der Waals surface area contributed by atoms with Crippen LogP contribution in [0.15, 0.2) is 203 Å². The van der Waals surface area contributed by atoms with Crippen molar-refractivity contribution in [1.82, 2.24) is 0 Å². The second kappa shape index (κ2) is 11.9. The van der Waals surface area contributed by atoms with Crippen LogP contribution in [-0.4, -0.2) is 0 Å². The highest BCUT2D eigenvalue weighted by Gasteiger charge is 2.20. The molecule has 0 aliphatic carbocycles. The van der Waals surface area contributed by atoms with E-state index in [1.165, 1.54) is 87.1 Å². The van der Waals surface area contributed by atoms with E-state index in [-0.39, 0.29) is 0 Å². The molecule has 0 radical (unpaired) electrons. The Labute approximate surface area is 332 Å². The summed E-state index contributed by atoms with van der Waals surface area (Å²) in [5.41, 5.74) is 10.9. The Hall–Kier alpha value is -7.68. The van der Waals surface area contributed by atoms with Crippen molar-refractivity contribution in [2.45, 2.75) is 0 Å².